The van der Waals surface area contributed by atoms with Crippen LogP contribution in [0.3, 0.4) is 0 Å². The van der Waals surface area contributed by atoms with Gasteiger partial charge in [-0.15, -0.1) is 0 Å². The molecule has 208 valence electrons. The van der Waals surface area contributed by atoms with Gasteiger partial charge in [0.15, 0.2) is 0 Å². The van der Waals surface area contributed by atoms with Crippen molar-refractivity contribution in [1.29, 1.82) is 0 Å². The molecule has 0 bridgehead atoms. The highest BCUT2D eigenvalue weighted by atomic mass is 19.1. The first-order valence-corrected chi connectivity index (χ1v) is 12.7. The number of nitrogens with zero attached hydrogens (tertiary/aromatic N) is 3. The summed E-state index contributed by atoms with van der Waals surface area (Å²) >= 11 is 0. The third kappa shape index (κ3) is 5.06. The zero-order valence-corrected chi connectivity index (χ0v) is 21.7. The Bertz CT molecular complexity index is 1380. The fraction of sp³-hybridized carbons (Fsp3) is 0.429. The number of piperidine rings is 1. The maximum absolute atomic E-state index is 14.8. The Morgan fingerprint density at radius 1 is 1.18 bits per heavy atom. The number of carbonyl (C=O) groups excluding carboxylic acids is 1. The quantitative estimate of drug-likeness (QED) is 0.443. The van der Waals surface area contributed by atoms with E-state index < -0.39 is 59.2 Å². The Kier molecular flexibility index (Phi) is 7.25. The fourth-order valence-corrected chi connectivity index (χ4v) is 5.59. The van der Waals surface area contributed by atoms with Crippen LogP contribution in [0, 0.1) is 23.4 Å². The van der Waals surface area contributed by atoms with E-state index >= 15 is 0 Å². The van der Waals surface area contributed by atoms with Gasteiger partial charge in [0.2, 0.25) is 0 Å². The molecule has 1 amide bonds. The summed E-state index contributed by atoms with van der Waals surface area (Å²) in [4.78, 5) is 19.5. The van der Waals surface area contributed by atoms with Crippen LogP contribution in [-0.4, -0.2) is 69.6 Å². The van der Waals surface area contributed by atoms with Crippen LogP contribution in [0.4, 0.5) is 17.6 Å². The van der Waals surface area contributed by atoms with Gasteiger partial charge in [-0.3, -0.25) is 4.79 Å². The highest BCUT2D eigenvalue weighted by molar-refractivity contribution is 5.83. The van der Waals surface area contributed by atoms with E-state index in [9.17, 15) is 27.5 Å². The van der Waals surface area contributed by atoms with E-state index in [2.05, 4.69) is 10.3 Å². The highest BCUT2D eigenvalue weighted by Gasteiger charge is 2.53. The van der Waals surface area contributed by atoms with Crippen molar-refractivity contribution in [2.45, 2.75) is 50.4 Å². The topological polar surface area (TPSA) is 79.6 Å². The molecule has 1 unspecified atom stereocenters. The smallest absolute Gasteiger partial charge is 0.253 e. The van der Waals surface area contributed by atoms with Crippen LogP contribution in [0.25, 0.3) is 11.3 Å². The number of ether oxygens (including phenoxy) is 1. The van der Waals surface area contributed by atoms with Gasteiger partial charge in [-0.05, 0) is 49.7 Å². The van der Waals surface area contributed by atoms with Crippen molar-refractivity contribution in [1.82, 2.24) is 19.8 Å². The van der Waals surface area contributed by atoms with Gasteiger partial charge in [-0.2, -0.15) is 0 Å². The maximum Gasteiger partial charge on any atom is 0.253 e. The minimum absolute atomic E-state index is 0.0169. The molecule has 39 heavy (non-hydrogen) atoms. The summed E-state index contributed by atoms with van der Waals surface area (Å²) in [5.74, 6) is -2.89. The Hall–Kier alpha value is -3.28. The van der Waals surface area contributed by atoms with Gasteiger partial charge < -0.3 is 24.6 Å². The number of imidazole rings is 1. The molecule has 3 heterocycles. The standard InChI is InChI=1S/C28H30F4N4O3/c1-28(2,39-3)25(36-13-19-21(32)11-33-23(19)24(37)27(36)38)26-34-22(18-10-17(30)7-8-20(18)31)14-35(26)12-15-5-4-6-16(29)9-15/h4-10,14,19,21,23-25,33,37H,11-13H2,1-3H3/t19-,21-,23?,24-,25-/m0/s1. The number of likely N-dealkylation sites (tertiary alicyclic amines) is 1. The van der Waals surface area contributed by atoms with Crippen molar-refractivity contribution in [3.8, 4) is 11.3 Å². The van der Waals surface area contributed by atoms with Crippen LogP contribution in [0.2, 0.25) is 0 Å². The number of alkyl halides is 1. The molecule has 2 saturated heterocycles. The number of aromatic nitrogens is 2. The molecule has 3 aromatic rings. The molecule has 0 radical (unpaired) electrons. The van der Waals surface area contributed by atoms with Gasteiger partial charge in [0.1, 0.15) is 41.6 Å². The van der Waals surface area contributed by atoms with E-state index in [0.717, 1.165) is 18.2 Å². The lowest BCUT2D eigenvalue weighted by Gasteiger charge is -2.46. The molecular weight excluding hydrogens is 516 g/mol. The van der Waals surface area contributed by atoms with Crippen LogP contribution >= 0.6 is 0 Å². The molecule has 7 nitrogen and oxygen atoms in total. The SMILES string of the molecule is COC(C)(C)[C@H](c1nc(-c2cc(F)ccc2F)cn1Cc1cccc(F)c1)N1C[C@@H]2C(NC[C@@H]2F)[C@H](O)C1=O. The molecule has 2 N–H and O–H groups in total. The zero-order chi connectivity index (χ0) is 28.1. The van der Waals surface area contributed by atoms with Gasteiger partial charge in [0.25, 0.3) is 5.91 Å². The normalized spacial score (nSPS) is 24.2. The third-order valence-electron chi connectivity index (χ3n) is 7.75. The molecule has 2 aliphatic heterocycles. The van der Waals surface area contributed by atoms with Crippen LogP contribution in [0.5, 0.6) is 0 Å². The molecule has 2 aromatic carbocycles. The van der Waals surface area contributed by atoms with Crippen molar-refractivity contribution < 1.29 is 32.2 Å². The second-order valence-corrected chi connectivity index (χ2v) is 10.6. The lowest BCUT2D eigenvalue weighted by Crippen LogP contribution is -2.62. The number of methoxy groups -OCH3 is 1. The monoisotopic (exact) mass is 546 g/mol. The second kappa shape index (κ2) is 10.4. The maximum atomic E-state index is 14.8. The molecule has 2 aliphatic rings. The minimum atomic E-state index is -1.49. The lowest BCUT2D eigenvalue weighted by molar-refractivity contribution is -0.161. The number of amides is 1. The molecule has 0 saturated carbocycles. The second-order valence-electron chi connectivity index (χ2n) is 10.6. The molecule has 0 aliphatic carbocycles. The van der Waals surface area contributed by atoms with Crippen molar-refractivity contribution in [3.63, 3.8) is 0 Å². The number of halogens is 4. The van der Waals surface area contributed by atoms with E-state index in [4.69, 9.17) is 4.74 Å². The van der Waals surface area contributed by atoms with Crippen molar-refractivity contribution in [2.75, 3.05) is 20.2 Å². The lowest BCUT2D eigenvalue weighted by atomic mass is 9.85. The summed E-state index contributed by atoms with van der Waals surface area (Å²) in [7, 11) is 1.45. The van der Waals surface area contributed by atoms with Gasteiger partial charge in [-0.1, -0.05) is 12.1 Å². The summed E-state index contributed by atoms with van der Waals surface area (Å²) < 4.78 is 65.1. The van der Waals surface area contributed by atoms with E-state index in [-0.39, 0.29) is 36.7 Å². The Morgan fingerprint density at radius 3 is 2.64 bits per heavy atom. The number of hydrogen-bond donors (Lipinski definition) is 2. The first kappa shape index (κ1) is 27.3. The molecule has 1 aromatic heterocycles. The van der Waals surface area contributed by atoms with E-state index in [0.29, 0.717) is 5.56 Å². The third-order valence-corrected chi connectivity index (χ3v) is 7.75. The predicted molar refractivity (Wildman–Crippen MR) is 135 cm³/mol. The van der Waals surface area contributed by atoms with Gasteiger partial charge in [-0.25, -0.2) is 22.5 Å². The first-order valence-electron chi connectivity index (χ1n) is 12.7. The number of carbonyl (C=O) groups is 1. The predicted octanol–water partition coefficient (Wildman–Crippen LogP) is 3.61. The fourth-order valence-electron chi connectivity index (χ4n) is 5.59. The molecule has 0 spiro atoms. The molecular formula is C28H30F4N4O3. The number of fused-ring (bicyclic) bond motifs is 1. The van der Waals surface area contributed by atoms with E-state index in [1.54, 1.807) is 30.5 Å². The molecule has 11 heteroatoms. The summed E-state index contributed by atoms with van der Waals surface area (Å²) in [5, 5.41) is 13.7. The van der Waals surface area contributed by atoms with Crippen molar-refractivity contribution in [2.24, 2.45) is 5.92 Å². The van der Waals surface area contributed by atoms with Crippen LogP contribution in [0.1, 0.15) is 31.3 Å². The van der Waals surface area contributed by atoms with E-state index in [1.165, 1.54) is 30.3 Å². The first-order chi connectivity index (χ1) is 18.5. The van der Waals surface area contributed by atoms with Gasteiger partial charge >= 0.3 is 0 Å². The van der Waals surface area contributed by atoms with Crippen LogP contribution in [-0.2, 0) is 16.1 Å². The van der Waals surface area contributed by atoms with Crippen molar-refractivity contribution >= 4 is 5.91 Å². The summed E-state index contributed by atoms with van der Waals surface area (Å²) in [6.07, 6.45) is -1.28. The number of nitrogens with one attached hydrogen (secondary N) is 1. The van der Waals surface area contributed by atoms with Crippen LogP contribution in [0.15, 0.2) is 48.7 Å². The highest BCUT2D eigenvalue weighted by Crippen LogP contribution is 2.40. The number of aliphatic hydroxyl groups is 1. The molecule has 2 fully saturated rings. The number of hydrogen-bond acceptors (Lipinski definition) is 5. The number of aliphatic hydroxyl groups excluding tert-OH is 1. The molecule has 5 atom stereocenters. The largest absolute Gasteiger partial charge is 0.382 e. The summed E-state index contributed by atoms with van der Waals surface area (Å²) in [6, 6.07) is 7.18. The number of rotatable bonds is 7. The van der Waals surface area contributed by atoms with Crippen LogP contribution < -0.4 is 5.32 Å². The van der Waals surface area contributed by atoms with E-state index in [1.807, 2.05) is 0 Å². The Morgan fingerprint density at radius 2 is 1.92 bits per heavy atom. The average Bonchev–Trinajstić information content (AvgIpc) is 3.47. The zero-order valence-electron chi connectivity index (χ0n) is 21.7. The molecule has 5 rings (SSSR count). The average molecular weight is 547 g/mol. The summed E-state index contributed by atoms with van der Waals surface area (Å²) in [5.41, 5.74) is -0.577. The van der Waals surface area contributed by atoms with Gasteiger partial charge in [0.05, 0.1) is 11.3 Å². The van der Waals surface area contributed by atoms with Crippen molar-refractivity contribution in [3.05, 3.63) is 77.5 Å². The number of benzene rings is 2. The summed E-state index contributed by atoms with van der Waals surface area (Å²) in [6.45, 7) is 3.50. The van der Waals surface area contributed by atoms with Gasteiger partial charge in [0, 0.05) is 50.5 Å². The Labute approximate surface area is 223 Å². The minimum Gasteiger partial charge on any atom is -0.382 e. The Balaban J connectivity index is 1.67.